The van der Waals surface area contributed by atoms with E-state index in [4.69, 9.17) is 21.6 Å². The lowest BCUT2D eigenvalue weighted by Crippen LogP contribution is -2.35. The van der Waals surface area contributed by atoms with Gasteiger partial charge in [0.05, 0.1) is 35.5 Å². The largest absolute Gasteiger partial charge is 0.373 e. The van der Waals surface area contributed by atoms with Crippen molar-refractivity contribution in [3.63, 3.8) is 0 Å². The zero-order valence-electron chi connectivity index (χ0n) is 18.2. The Balaban J connectivity index is 1.62. The molecule has 9 heteroatoms. The van der Waals surface area contributed by atoms with Crippen molar-refractivity contribution in [2.24, 2.45) is 0 Å². The summed E-state index contributed by atoms with van der Waals surface area (Å²) in [6, 6.07) is 5.15. The molecule has 1 N–H and O–H groups in total. The molecule has 0 aromatic carbocycles. The van der Waals surface area contributed by atoms with Crippen LogP contribution in [0.3, 0.4) is 0 Å². The summed E-state index contributed by atoms with van der Waals surface area (Å²) in [6.45, 7) is 6.07. The normalized spacial score (nSPS) is 18.7. The average Bonchev–Trinajstić information content (AvgIpc) is 3.40. The van der Waals surface area contributed by atoms with E-state index in [1.165, 1.54) is 0 Å². The minimum atomic E-state index is -0.335. The van der Waals surface area contributed by atoms with Gasteiger partial charge in [0.25, 0.3) is 11.8 Å². The quantitative estimate of drug-likeness (QED) is 0.744. The maximum atomic E-state index is 13.3. The van der Waals surface area contributed by atoms with Gasteiger partial charge in [0.1, 0.15) is 11.8 Å². The summed E-state index contributed by atoms with van der Waals surface area (Å²) in [7, 11) is 0. The molecule has 2 aliphatic rings. The predicted octanol–water partition coefficient (Wildman–Crippen LogP) is 3.44. The van der Waals surface area contributed by atoms with Crippen LogP contribution in [0.25, 0.3) is 0 Å². The molecule has 8 nitrogen and oxygen atoms in total. The molecule has 168 valence electrons. The van der Waals surface area contributed by atoms with E-state index in [0.29, 0.717) is 30.8 Å². The van der Waals surface area contributed by atoms with Gasteiger partial charge in [-0.05, 0) is 43.9 Å². The summed E-state index contributed by atoms with van der Waals surface area (Å²) < 4.78 is 7.52. The van der Waals surface area contributed by atoms with Crippen LogP contribution >= 0.6 is 11.6 Å². The van der Waals surface area contributed by atoms with Gasteiger partial charge in [-0.1, -0.05) is 18.5 Å². The highest BCUT2D eigenvalue weighted by atomic mass is 35.5. The Hall–Kier alpha value is -2.89. The van der Waals surface area contributed by atoms with Crippen LogP contribution in [0.5, 0.6) is 0 Å². The Morgan fingerprint density at radius 3 is 2.88 bits per heavy atom. The molecule has 0 radical (unpaired) electrons. The van der Waals surface area contributed by atoms with Gasteiger partial charge < -0.3 is 19.5 Å². The molecule has 0 aliphatic carbocycles. The van der Waals surface area contributed by atoms with E-state index < -0.39 is 0 Å². The molecular formula is C23H26ClN5O3. The second-order valence-electron chi connectivity index (χ2n) is 8.23. The third-order valence-electron chi connectivity index (χ3n) is 6.27. The van der Waals surface area contributed by atoms with Crippen molar-refractivity contribution in [1.29, 1.82) is 5.26 Å². The van der Waals surface area contributed by atoms with Crippen molar-refractivity contribution in [1.82, 2.24) is 19.8 Å². The van der Waals surface area contributed by atoms with Gasteiger partial charge in [-0.3, -0.25) is 9.59 Å². The van der Waals surface area contributed by atoms with Crippen LogP contribution in [0, 0.1) is 11.3 Å². The third-order valence-corrected chi connectivity index (χ3v) is 6.56. The number of carbonyl (C=O) groups excluding carboxylic acids is 2. The van der Waals surface area contributed by atoms with Gasteiger partial charge in [0, 0.05) is 25.3 Å². The highest BCUT2D eigenvalue weighted by Gasteiger charge is 2.32. The molecule has 1 saturated heterocycles. The van der Waals surface area contributed by atoms with Crippen LogP contribution in [0.4, 0.5) is 0 Å². The number of rotatable bonds is 5. The standard InChI is InChI=1S/C23H26ClN5O3/c1-3-18(15-9-17(24)19(11-25)26-12-15)27-22(30)16-10-20(29-7-8-32-13-21(16)29)23(31)28-6-4-5-14(28)2/h9-10,12,14,18H,3-8,13H2,1-2H3,(H,27,30). The maximum absolute atomic E-state index is 13.3. The van der Waals surface area contributed by atoms with Crippen molar-refractivity contribution in [3.8, 4) is 6.07 Å². The van der Waals surface area contributed by atoms with Crippen LogP contribution in [-0.4, -0.2) is 45.5 Å². The number of hydrogen-bond donors (Lipinski definition) is 1. The van der Waals surface area contributed by atoms with Crippen molar-refractivity contribution in [2.45, 2.75) is 58.3 Å². The van der Waals surface area contributed by atoms with Gasteiger partial charge in [-0.2, -0.15) is 5.26 Å². The minimum absolute atomic E-state index is 0.0349. The number of halogens is 1. The van der Waals surface area contributed by atoms with Crippen LogP contribution < -0.4 is 5.32 Å². The molecule has 2 aromatic rings. The lowest BCUT2D eigenvalue weighted by molar-refractivity contribution is 0.0683. The molecule has 4 heterocycles. The van der Waals surface area contributed by atoms with Gasteiger partial charge >= 0.3 is 0 Å². The van der Waals surface area contributed by atoms with E-state index in [-0.39, 0.29) is 41.2 Å². The van der Waals surface area contributed by atoms with Gasteiger partial charge in [-0.15, -0.1) is 0 Å². The lowest BCUT2D eigenvalue weighted by Gasteiger charge is -2.24. The van der Waals surface area contributed by atoms with Crippen molar-refractivity contribution >= 4 is 23.4 Å². The first kappa shape index (κ1) is 22.3. The monoisotopic (exact) mass is 455 g/mol. The van der Waals surface area contributed by atoms with E-state index in [9.17, 15) is 9.59 Å². The molecule has 0 bridgehead atoms. The summed E-state index contributed by atoms with van der Waals surface area (Å²) in [5, 5.41) is 12.3. The zero-order valence-corrected chi connectivity index (χ0v) is 19.0. The number of hydrogen-bond acceptors (Lipinski definition) is 5. The molecule has 0 saturated carbocycles. The highest BCUT2D eigenvalue weighted by molar-refractivity contribution is 6.31. The molecule has 2 atom stereocenters. The van der Waals surface area contributed by atoms with Crippen LogP contribution in [0.1, 0.15) is 76.9 Å². The number of likely N-dealkylation sites (tertiary alicyclic amines) is 1. The highest BCUT2D eigenvalue weighted by Crippen LogP contribution is 2.27. The second kappa shape index (κ2) is 9.31. The Kier molecular flexibility index (Phi) is 6.49. The topological polar surface area (TPSA) is 100 Å². The van der Waals surface area contributed by atoms with Gasteiger partial charge in [0.2, 0.25) is 0 Å². The number of nitrogens with one attached hydrogen (secondary N) is 1. The number of amides is 2. The Bertz CT molecular complexity index is 1090. The number of ether oxygens (including phenoxy) is 1. The van der Waals surface area contributed by atoms with E-state index in [1.807, 2.05) is 22.5 Å². The van der Waals surface area contributed by atoms with Crippen LogP contribution in [0.2, 0.25) is 5.02 Å². The minimum Gasteiger partial charge on any atom is -0.373 e. The first-order valence-corrected chi connectivity index (χ1v) is 11.3. The molecule has 1 fully saturated rings. The van der Waals surface area contributed by atoms with E-state index in [0.717, 1.165) is 30.6 Å². The summed E-state index contributed by atoms with van der Waals surface area (Å²) in [6.07, 6.45) is 4.16. The molecule has 2 aromatic heterocycles. The molecule has 32 heavy (non-hydrogen) atoms. The van der Waals surface area contributed by atoms with E-state index >= 15 is 0 Å². The Morgan fingerprint density at radius 2 is 2.22 bits per heavy atom. The first-order valence-electron chi connectivity index (χ1n) is 10.9. The number of aromatic nitrogens is 2. The van der Waals surface area contributed by atoms with Crippen molar-refractivity contribution in [2.75, 3.05) is 13.2 Å². The summed E-state index contributed by atoms with van der Waals surface area (Å²) >= 11 is 6.13. The predicted molar refractivity (Wildman–Crippen MR) is 118 cm³/mol. The molecule has 2 unspecified atom stereocenters. The number of nitrogens with zero attached hydrogens (tertiary/aromatic N) is 4. The number of carbonyl (C=O) groups is 2. The number of nitriles is 1. The second-order valence-corrected chi connectivity index (χ2v) is 8.64. The first-order chi connectivity index (χ1) is 15.4. The zero-order chi connectivity index (χ0) is 22.8. The number of pyridine rings is 1. The smallest absolute Gasteiger partial charge is 0.270 e. The molecule has 2 amide bonds. The third kappa shape index (κ3) is 4.10. The van der Waals surface area contributed by atoms with Gasteiger partial charge in [-0.25, -0.2) is 4.98 Å². The molecule has 4 rings (SSSR count). The fourth-order valence-corrected chi connectivity index (χ4v) is 4.68. The fraction of sp³-hybridized carbons (Fsp3) is 0.478. The van der Waals surface area contributed by atoms with Crippen molar-refractivity contribution < 1.29 is 14.3 Å². The molecule has 0 spiro atoms. The maximum Gasteiger partial charge on any atom is 0.270 e. The van der Waals surface area contributed by atoms with E-state index in [1.54, 1.807) is 18.3 Å². The number of fused-ring (bicyclic) bond motifs is 1. The summed E-state index contributed by atoms with van der Waals surface area (Å²) in [4.78, 5) is 32.5. The fourth-order valence-electron chi connectivity index (χ4n) is 4.46. The lowest BCUT2D eigenvalue weighted by atomic mass is 10.1. The van der Waals surface area contributed by atoms with Crippen molar-refractivity contribution in [3.05, 3.63) is 51.6 Å². The molecule has 2 aliphatic heterocycles. The van der Waals surface area contributed by atoms with E-state index in [2.05, 4.69) is 17.2 Å². The van der Waals surface area contributed by atoms with Crippen LogP contribution in [-0.2, 0) is 17.9 Å². The Labute approximate surface area is 192 Å². The SMILES string of the molecule is CCC(NC(=O)c1cc(C(=O)N2CCCC2C)n2c1COCC2)c1cnc(C#N)c(Cl)c1. The Morgan fingerprint density at radius 1 is 1.41 bits per heavy atom. The average molecular weight is 456 g/mol. The molecular weight excluding hydrogens is 430 g/mol. The summed E-state index contributed by atoms with van der Waals surface area (Å²) in [5.41, 5.74) is 2.57. The van der Waals surface area contributed by atoms with Gasteiger partial charge in [0.15, 0.2) is 5.69 Å². The van der Waals surface area contributed by atoms with Crippen LogP contribution in [0.15, 0.2) is 18.3 Å². The summed E-state index contributed by atoms with van der Waals surface area (Å²) in [5.74, 6) is -0.313.